The average Bonchev–Trinajstić information content (AvgIpc) is 3.20. The Hall–Kier alpha value is -0.890. The maximum Gasteiger partial charge on any atom is 0.191 e. The molecule has 2 atom stereocenters. The molecule has 1 aromatic carbocycles. The van der Waals surface area contributed by atoms with Crippen LogP contribution in [-0.4, -0.2) is 31.8 Å². The molecule has 7 heteroatoms. The van der Waals surface area contributed by atoms with Crippen molar-refractivity contribution in [2.75, 3.05) is 19.8 Å². The van der Waals surface area contributed by atoms with Crippen molar-refractivity contribution in [1.29, 1.82) is 0 Å². The highest BCUT2D eigenvalue weighted by atomic mass is 127. The highest BCUT2D eigenvalue weighted by Crippen LogP contribution is 2.38. The summed E-state index contributed by atoms with van der Waals surface area (Å²) in [7, 11) is 0. The van der Waals surface area contributed by atoms with Crippen LogP contribution in [0.3, 0.4) is 0 Å². The molecule has 1 heterocycles. The minimum Gasteiger partial charge on any atom is -0.486 e. The van der Waals surface area contributed by atoms with Crippen molar-refractivity contribution in [2.24, 2.45) is 10.9 Å². The van der Waals surface area contributed by atoms with Crippen molar-refractivity contribution >= 4 is 41.5 Å². The van der Waals surface area contributed by atoms with Gasteiger partial charge >= 0.3 is 0 Å². The minimum atomic E-state index is 0. The smallest absolute Gasteiger partial charge is 0.191 e. The Morgan fingerprint density at radius 2 is 2.09 bits per heavy atom. The first kappa shape index (κ1) is 18.4. The number of hydrogen-bond donors (Lipinski definition) is 2. The van der Waals surface area contributed by atoms with Crippen LogP contribution >= 0.6 is 35.6 Å². The van der Waals surface area contributed by atoms with Crippen molar-refractivity contribution in [3.8, 4) is 11.5 Å². The van der Waals surface area contributed by atoms with Crippen LogP contribution in [0.5, 0.6) is 11.5 Å². The van der Waals surface area contributed by atoms with E-state index in [1.165, 1.54) is 6.42 Å². The van der Waals surface area contributed by atoms with Crippen molar-refractivity contribution in [3.05, 3.63) is 22.7 Å². The fourth-order valence-electron chi connectivity index (χ4n) is 2.44. The largest absolute Gasteiger partial charge is 0.486 e. The summed E-state index contributed by atoms with van der Waals surface area (Å²) in [6, 6.07) is 4.39. The lowest BCUT2D eigenvalue weighted by atomic mass is 10.2. The second-order valence-electron chi connectivity index (χ2n) is 5.76. The van der Waals surface area contributed by atoms with E-state index in [2.05, 4.69) is 29.5 Å². The molecule has 5 nitrogen and oxygen atoms in total. The SMILES string of the molecule is CCNC(=NCc1cc(Cl)c2c(c1)OCCO2)NC1CC1C.I. The summed E-state index contributed by atoms with van der Waals surface area (Å²) >= 11 is 6.25. The Kier molecular flexibility index (Phi) is 6.64. The molecule has 2 aliphatic rings. The van der Waals surface area contributed by atoms with E-state index in [4.69, 9.17) is 21.1 Å². The van der Waals surface area contributed by atoms with Crippen LogP contribution in [0.1, 0.15) is 25.8 Å². The molecule has 2 N–H and O–H groups in total. The molecule has 23 heavy (non-hydrogen) atoms. The van der Waals surface area contributed by atoms with Gasteiger partial charge in [0.15, 0.2) is 17.5 Å². The number of hydrogen-bond acceptors (Lipinski definition) is 3. The zero-order valence-electron chi connectivity index (χ0n) is 13.4. The predicted molar refractivity (Wildman–Crippen MR) is 103 cm³/mol. The monoisotopic (exact) mass is 451 g/mol. The zero-order chi connectivity index (χ0) is 15.5. The molecular weight excluding hydrogens is 429 g/mol. The minimum absolute atomic E-state index is 0. The Morgan fingerprint density at radius 1 is 1.35 bits per heavy atom. The third-order valence-electron chi connectivity index (χ3n) is 3.85. The molecule has 0 spiro atoms. The van der Waals surface area contributed by atoms with Crippen molar-refractivity contribution < 1.29 is 9.47 Å². The summed E-state index contributed by atoms with van der Waals surface area (Å²) in [5, 5.41) is 7.29. The number of ether oxygens (including phenoxy) is 2. The van der Waals surface area contributed by atoms with E-state index in [0.29, 0.717) is 42.3 Å². The number of nitrogens with one attached hydrogen (secondary N) is 2. The van der Waals surface area contributed by atoms with Gasteiger partial charge in [0.25, 0.3) is 0 Å². The molecule has 0 amide bonds. The van der Waals surface area contributed by atoms with Gasteiger partial charge in [0.2, 0.25) is 0 Å². The molecule has 1 saturated carbocycles. The van der Waals surface area contributed by atoms with E-state index < -0.39 is 0 Å². The first-order chi connectivity index (χ1) is 10.7. The van der Waals surface area contributed by atoms with Crippen molar-refractivity contribution in [3.63, 3.8) is 0 Å². The van der Waals surface area contributed by atoms with Gasteiger partial charge in [-0.2, -0.15) is 0 Å². The maximum atomic E-state index is 6.25. The average molecular weight is 452 g/mol. The van der Waals surface area contributed by atoms with Gasteiger partial charge in [0, 0.05) is 12.6 Å². The molecule has 128 valence electrons. The van der Waals surface area contributed by atoms with Crippen LogP contribution in [0.4, 0.5) is 0 Å². The van der Waals surface area contributed by atoms with E-state index >= 15 is 0 Å². The summed E-state index contributed by atoms with van der Waals surface area (Å²) in [5.74, 6) is 2.92. The van der Waals surface area contributed by atoms with E-state index in [-0.39, 0.29) is 24.0 Å². The Morgan fingerprint density at radius 3 is 2.78 bits per heavy atom. The van der Waals surface area contributed by atoms with Gasteiger partial charge in [0.05, 0.1) is 11.6 Å². The standard InChI is InChI=1S/C16H22ClN3O2.HI/c1-3-18-16(20-13-6-10(13)2)19-9-11-7-12(17)15-14(8-11)21-4-5-22-15;/h7-8,10,13H,3-6,9H2,1-2H3,(H2,18,19,20);1H. The number of halogens is 2. The summed E-state index contributed by atoms with van der Waals surface area (Å²) in [5.41, 5.74) is 1.01. The Balaban J connectivity index is 0.00000192. The molecule has 0 aromatic heterocycles. The lowest BCUT2D eigenvalue weighted by Gasteiger charge is -2.20. The van der Waals surface area contributed by atoms with Gasteiger partial charge < -0.3 is 20.1 Å². The number of benzene rings is 1. The van der Waals surface area contributed by atoms with Gasteiger partial charge in [-0.3, -0.25) is 0 Å². The molecule has 0 saturated heterocycles. The molecular formula is C16H23ClIN3O2. The summed E-state index contributed by atoms with van der Waals surface area (Å²) in [6.45, 7) is 6.79. The fourth-order valence-corrected chi connectivity index (χ4v) is 2.73. The summed E-state index contributed by atoms with van der Waals surface area (Å²) in [6.07, 6.45) is 1.21. The van der Waals surface area contributed by atoms with Crippen LogP contribution in [0, 0.1) is 5.92 Å². The molecule has 1 aromatic rings. The highest BCUT2D eigenvalue weighted by molar-refractivity contribution is 14.0. The first-order valence-corrected chi connectivity index (χ1v) is 8.18. The van der Waals surface area contributed by atoms with E-state index in [1.807, 2.05) is 12.1 Å². The Labute approximate surface area is 159 Å². The van der Waals surface area contributed by atoms with Crippen LogP contribution in [0.2, 0.25) is 5.02 Å². The van der Waals surface area contributed by atoms with Gasteiger partial charge in [0.1, 0.15) is 13.2 Å². The number of guanidine groups is 1. The third kappa shape index (κ3) is 4.79. The maximum absolute atomic E-state index is 6.25. The lowest BCUT2D eigenvalue weighted by Crippen LogP contribution is -2.39. The predicted octanol–water partition coefficient (Wildman–Crippen LogP) is 3.19. The molecule has 0 radical (unpaired) electrons. The van der Waals surface area contributed by atoms with E-state index in [1.54, 1.807) is 0 Å². The fraction of sp³-hybridized carbons (Fsp3) is 0.562. The first-order valence-electron chi connectivity index (χ1n) is 7.80. The number of nitrogens with zero attached hydrogens (tertiary/aromatic N) is 1. The second-order valence-corrected chi connectivity index (χ2v) is 6.17. The summed E-state index contributed by atoms with van der Waals surface area (Å²) < 4.78 is 11.1. The third-order valence-corrected chi connectivity index (χ3v) is 4.13. The topological polar surface area (TPSA) is 54.9 Å². The number of rotatable bonds is 4. The van der Waals surface area contributed by atoms with Gasteiger partial charge in [-0.25, -0.2) is 4.99 Å². The van der Waals surface area contributed by atoms with E-state index in [0.717, 1.165) is 24.0 Å². The number of aliphatic imine (C=N–C) groups is 1. The molecule has 1 aliphatic heterocycles. The quantitative estimate of drug-likeness (QED) is 0.419. The molecule has 3 rings (SSSR count). The van der Waals surface area contributed by atoms with Crippen LogP contribution in [0.25, 0.3) is 0 Å². The second kappa shape index (κ2) is 8.28. The Bertz CT molecular complexity index is 583. The van der Waals surface area contributed by atoms with Crippen LogP contribution in [0.15, 0.2) is 17.1 Å². The van der Waals surface area contributed by atoms with E-state index in [9.17, 15) is 0 Å². The van der Waals surface area contributed by atoms with Crippen molar-refractivity contribution in [2.45, 2.75) is 32.9 Å². The normalized spacial score (nSPS) is 22.1. The van der Waals surface area contributed by atoms with Crippen LogP contribution < -0.4 is 20.1 Å². The van der Waals surface area contributed by atoms with Crippen LogP contribution in [-0.2, 0) is 6.54 Å². The van der Waals surface area contributed by atoms with Crippen molar-refractivity contribution in [1.82, 2.24) is 10.6 Å². The molecule has 0 bridgehead atoms. The van der Waals surface area contributed by atoms with Gasteiger partial charge in [-0.15, -0.1) is 24.0 Å². The summed E-state index contributed by atoms with van der Waals surface area (Å²) in [4.78, 5) is 4.63. The molecule has 1 aliphatic carbocycles. The molecule has 2 unspecified atom stereocenters. The zero-order valence-corrected chi connectivity index (χ0v) is 16.5. The van der Waals surface area contributed by atoms with Gasteiger partial charge in [-0.1, -0.05) is 18.5 Å². The molecule has 1 fully saturated rings. The lowest BCUT2D eigenvalue weighted by molar-refractivity contribution is 0.171. The number of fused-ring (bicyclic) bond motifs is 1. The highest BCUT2D eigenvalue weighted by Gasteiger charge is 2.33. The van der Waals surface area contributed by atoms with Gasteiger partial charge in [-0.05, 0) is 37.0 Å².